The molecule has 0 bridgehead atoms. The molecule has 24 heavy (non-hydrogen) atoms. The number of para-hydroxylation sites is 1. The number of aromatic amines is 1. The maximum Gasteiger partial charge on any atom is 0.342 e. The zero-order valence-corrected chi connectivity index (χ0v) is 14.5. The van der Waals surface area contributed by atoms with Crippen LogP contribution in [-0.2, 0) is 11.2 Å². The summed E-state index contributed by atoms with van der Waals surface area (Å²) in [7, 11) is 1.54. The number of aryl methyl sites for hydroxylation is 1. The molecule has 0 aliphatic heterocycles. The molecule has 1 aromatic heterocycles. The highest BCUT2D eigenvalue weighted by Gasteiger charge is 2.16. The first-order valence-corrected chi connectivity index (χ1v) is 8.24. The highest BCUT2D eigenvalue weighted by Crippen LogP contribution is 2.35. The largest absolute Gasteiger partial charge is 0.493 e. The summed E-state index contributed by atoms with van der Waals surface area (Å²) < 4.78 is 10.9. The van der Waals surface area contributed by atoms with Crippen molar-refractivity contribution in [1.29, 1.82) is 0 Å². The van der Waals surface area contributed by atoms with E-state index in [4.69, 9.17) is 9.47 Å². The lowest BCUT2D eigenvalue weighted by molar-refractivity contribution is -0.131. The van der Waals surface area contributed by atoms with Gasteiger partial charge in [-0.25, -0.2) is 9.78 Å². The molecular formula is C16H19N3O4S. The summed E-state index contributed by atoms with van der Waals surface area (Å²) in [6, 6.07) is 5.31. The van der Waals surface area contributed by atoms with Crippen LogP contribution in [0.5, 0.6) is 11.5 Å². The van der Waals surface area contributed by atoms with Gasteiger partial charge in [0.2, 0.25) is 5.16 Å². The van der Waals surface area contributed by atoms with Gasteiger partial charge in [-0.05, 0) is 30.8 Å². The molecule has 0 radical (unpaired) electrons. The minimum absolute atomic E-state index is 0.0888. The van der Waals surface area contributed by atoms with Gasteiger partial charge in [0.1, 0.15) is 10.7 Å². The molecule has 2 N–H and O–H groups in total. The van der Waals surface area contributed by atoms with E-state index >= 15 is 0 Å². The molecule has 2 aromatic rings. The smallest absolute Gasteiger partial charge is 0.342 e. The monoisotopic (exact) mass is 349 g/mol. The van der Waals surface area contributed by atoms with E-state index < -0.39 is 5.97 Å². The van der Waals surface area contributed by atoms with E-state index in [0.717, 1.165) is 11.8 Å². The number of nitrogens with one attached hydrogen (secondary N) is 1. The molecule has 1 heterocycles. The summed E-state index contributed by atoms with van der Waals surface area (Å²) in [5, 5.41) is 16.6. The van der Waals surface area contributed by atoms with Gasteiger partial charge in [-0.15, -0.1) is 5.10 Å². The molecule has 0 aliphatic rings. The van der Waals surface area contributed by atoms with Gasteiger partial charge in [0.15, 0.2) is 11.5 Å². The van der Waals surface area contributed by atoms with Gasteiger partial charge >= 0.3 is 5.97 Å². The minimum Gasteiger partial charge on any atom is -0.493 e. The average molecular weight is 349 g/mol. The van der Waals surface area contributed by atoms with Crippen LogP contribution in [0.15, 0.2) is 28.3 Å². The van der Waals surface area contributed by atoms with E-state index in [1.807, 2.05) is 13.8 Å². The lowest BCUT2D eigenvalue weighted by Crippen LogP contribution is -2.00. The lowest BCUT2D eigenvalue weighted by Gasteiger charge is -2.12. The van der Waals surface area contributed by atoms with E-state index in [-0.39, 0.29) is 4.91 Å². The number of hydrogen-bond acceptors (Lipinski definition) is 6. The summed E-state index contributed by atoms with van der Waals surface area (Å²) in [6.45, 7) is 4.23. The third-order valence-electron chi connectivity index (χ3n) is 3.06. The van der Waals surface area contributed by atoms with E-state index in [1.54, 1.807) is 18.2 Å². The molecule has 1 aromatic carbocycles. The molecule has 0 fully saturated rings. The molecule has 128 valence electrons. The van der Waals surface area contributed by atoms with Crippen molar-refractivity contribution in [2.45, 2.75) is 25.4 Å². The van der Waals surface area contributed by atoms with Gasteiger partial charge in [0.05, 0.1) is 13.7 Å². The zero-order chi connectivity index (χ0) is 17.5. The van der Waals surface area contributed by atoms with Crippen molar-refractivity contribution in [3.05, 3.63) is 34.5 Å². The molecule has 8 heteroatoms. The van der Waals surface area contributed by atoms with Crippen LogP contribution < -0.4 is 9.47 Å². The van der Waals surface area contributed by atoms with Crippen LogP contribution in [0, 0.1) is 0 Å². The second-order valence-electron chi connectivity index (χ2n) is 4.65. The first-order chi connectivity index (χ1) is 11.6. The lowest BCUT2D eigenvalue weighted by atomic mass is 10.1. The fraction of sp³-hybridized carbons (Fsp3) is 0.312. The molecule has 0 aliphatic carbocycles. The van der Waals surface area contributed by atoms with Crippen molar-refractivity contribution in [3.8, 4) is 11.5 Å². The zero-order valence-electron chi connectivity index (χ0n) is 13.7. The molecule has 2 rings (SSSR count). The number of carboxylic acid groups (broad SMARTS) is 1. The number of rotatable bonds is 8. The number of aromatic nitrogens is 3. The Bertz CT molecular complexity index is 743. The molecular weight excluding hydrogens is 330 g/mol. The van der Waals surface area contributed by atoms with Crippen LogP contribution in [0.3, 0.4) is 0 Å². The third-order valence-corrected chi connectivity index (χ3v) is 3.94. The van der Waals surface area contributed by atoms with Crippen LogP contribution >= 0.6 is 11.8 Å². The maximum atomic E-state index is 11.6. The molecule has 0 saturated heterocycles. The molecule has 0 atom stereocenters. The summed E-state index contributed by atoms with van der Waals surface area (Å²) in [4.78, 5) is 15.9. The Balaban J connectivity index is 2.38. The number of carbonyl (C=O) groups is 1. The second kappa shape index (κ2) is 8.39. The van der Waals surface area contributed by atoms with Crippen LogP contribution in [0.2, 0.25) is 0 Å². The van der Waals surface area contributed by atoms with E-state index in [9.17, 15) is 9.90 Å². The summed E-state index contributed by atoms with van der Waals surface area (Å²) in [5.41, 5.74) is 0.618. The first-order valence-electron chi connectivity index (χ1n) is 7.42. The highest BCUT2D eigenvalue weighted by molar-refractivity contribution is 8.04. The number of thioether (sulfide) groups is 1. The Kier molecular flexibility index (Phi) is 6.25. The van der Waals surface area contributed by atoms with Gasteiger partial charge in [0.25, 0.3) is 0 Å². The van der Waals surface area contributed by atoms with Crippen LogP contribution in [0.4, 0.5) is 0 Å². The van der Waals surface area contributed by atoms with E-state index in [2.05, 4.69) is 15.2 Å². The number of ether oxygens (including phenoxy) is 2. The average Bonchev–Trinajstić information content (AvgIpc) is 3.03. The topological polar surface area (TPSA) is 97.3 Å². The number of aliphatic carboxylic acids is 1. The van der Waals surface area contributed by atoms with Gasteiger partial charge in [-0.1, -0.05) is 19.1 Å². The predicted molar refractivity (Wildman–Crippen MR) is 91.4 cm³/mol. The fourth-order valence-corrected chi connectivity index (χ4v) is 2.68. The van der Waals surface area contributed by atoms with Crippen molar-refractivity contribution in [3.63, 3.8) is 0 Å². The Morgan fingerprint density at radius 3 is 2.79 bits per heavy atom. The minimum atomic E-state index is -1.06. The van der Waals surface area contributed by atoms with Crippen molar-refractivity contribution in [2.75, 3.05) is 13.7 Å². The number of methoxy groups -OCH3 is 1. The summed E-state index contributed by atoms with van der Waals surface area (Å²) >= 11 is 0.980. The quantitative estimate of drug-likeness (QED) is 0.558. The number of H-pyrrole nitrogens is 1. The van der Waals surface area contributed by atoms with Gasteiger partial charge in [-0.2, -0.15) is 0 Å². The van der Waals surface area contributed by atoms with Crippen LogP contribution in [-0.4, -0.2) is 40.0 Å². The second-order valence-corrected chi connectivity index (χ2v) is 5.65. The van der Waals surface area contributed by atoms with Gasteiger partial charge in [0, 0.05) is 12.0 Å². The predicted octanol–water partition coefficient (Wildman–Crippen LogP) is 2.99. The number of hydrogen-bond donors (Lipinski definition) is 2. The molecule has 0 saturated carbocycles. The standard InChI is InChI=1S/C16H19N3O4S/c1-4-13-17-16(19-18-13)24-12(15(20)21)9-10-7-6-8-11(22-3)14(10)23-5-2/h6-9H,4-5H2,1-3H3,(H,20,21)(H,17,18,19)/b12-9-. The van der Waals surface area contributed by atoms with E-state index in [0.29, 0.717) is 41.1 Å². The third kappa shape index (κ3) is 4.29. The van der Waals surface area contributed by atoms with Crippen molar-refractivity contribution in [2.24, 2.45) is 0 Å². The summed E-state index contributed by atoms with van der Waals surface area (Å²) in [6.07, 6.45) is 2.23. The van der Waals surface area contributed by atoms with Crippen LogP contribution in [0.25, 0.3) is 6.08 Å². The molecule has 7 nitrogen and oxygen atoms in total. The number of carboxylic acids is 1. The van der Waals surface area contributed by atoms with Crippen molar-refractivity contribution < 1.29 is 19.4 Å². The highest BCUT2D eigenvalue weighted by atomic mass is 32.2. The van der Waals surface area contributed by atoms with Gasteiger partial charge in [-0.3, -0.25) is 5.10 Å². The first kappa shape index (κ1) is 17.9. The Morgan fingerprint density at radius 1 is 1.42 bits per heavy atom. The van der Waals surface area contributed by atoms with Crippen molar-refractivity contribution >= 4 is 23.8 Å². The SMILES string of the molecule is CCOc1c(/C=C(\Sc2n[nH]c(CC)n2)C(=O)O)cccc1OC. The maximum absolute atomic E-state index is 11.6. The summed E-state index contributed by atoms with van der Waals surface area (Å²) in [5.74, 6) is 0.698. The van der Waals surface area contributed by atoms with Crippen LogP contribution in [0.1, 0.15) is 25.2 Å². The number of benzene rings is 1. The molecule has 0 spiro atoms. The number of nitrogens with zero attached hydrogens (tertiary/aromatic N) is 2. The Morgan fingerprint density at radius 2 is 2.21 bits per heavy atom. The normalized spacial score (nSPS) is 11.4. The fourth-order valence-electron chi connectivity index (χ4n) is 1.96. The Hall–Kier alpha value is -2.48. The molecule has 0 amide bonds. The molecule has 0 unspecified atom stereocenters. The van der Waals surface area contributed by atoms with Gasteiger partial charge < -0.3 is 14.6 Å². The van der Waals surface area contributed by atoms with Crippen molar-refractivity contribution in [1.82, 2.24) is 15.2 Å². The van der Waals surface area contributed by atoms with E-state index in [1.165, 1.54) is 13.2 Å². The Labute approximate surface area is 144 Å².